The summed E-state index contributed by atoms with van der Waals surface area (Å²) in [6.07, 6.45) is 2.42. The van der Waals surface area contributed by atoms with E-state index in [1.54, 1.807) is 24.5 Å². The van der Waals surface area contributed by atoms with Gasteiger partial charge in [0.25, 0.3) is 0 Å². The molecule has 0 unspecified atom stereocenters. The summed E-state index contributed by atoms with van der Waals surface area (Å²) in [6, 6.07) is 9.65. The zero-order chi connectivity index (χ0) is 17.6. The lowest BCUT2D eigenvalue weighted by Crippen LogP contribution is -2.39. The topological polar surface area (TPSA) is 33.7 Å². The average molecular weight is 397 g/mol. The molecule has 3 rings (SSSR count). The molecule has 0 aliphatic carbocycles. The molecular formula is C18H21ClN2O2S2. The molecule has 1 aromatic heterocycles. The molecule has 25 heavy (non-hydrogen) atoms. The molecule has 1 N–H and O–H groups in total. The van der Waals surface area contributed by atoms with Crippen molar-refractivity contribution < 1.29 is 9.47 Å². The number of hydrogen-bond acceptors (Lipinski definition) is 4. The van der Waals surface area contributed by atoms with Gasteiger partial charge < -0.3 is 19.7 Å². The van der Waals surface area contributed by atoms with E-state index in [0.29, 0.717) is 15.9 Å². The Morgan fingerprint density at radius 3 is 3.04 bits per heavy atom. The third-order valence-electron chi connectivity index (χ3n) is 4.07. The van der Waals surface area contributed by atoms with Gasteiger partial charge in [0.1, 0.15) is 5.75 Å². The maximum atomic E-state index is 6.04. The van der Waals surface area contributed by atoms with E-state index in [1.807, 2.05) is 12.1 Å². The number of halogens is 1. The summed E-state index contributed by atoms with van der Waals surface area (Å²) in [7, 11) is 1.62. The number of methoxy groups -OCH3 is 1. The zero-order valence-corrected chi connectivity index (χ0v) is 16.4. The number of ether oxygens (including phenoxy) is 2. The Morgan fingerprint density at radius 2 is 2.36 bits per heavy atom. The molecule has 2 heterocycles. The number of hydrogen-bond donors (Lipinski definition) is 1. The first-order valence-electron chi connectivity index (χ1n) is 8.19. The van der Waals surface area contributed by atoms with Gasteiger partial charge in [0, 0.05) is 29.1 Å². The van der Waals surface area contributed by atoms with Crippen molar-refractivity contribution in [3.8, 4) is 5.75 Å². The largest absolute Gasteiger partial charge is 0.495 e. The first kappa shape index (κ1) is 18.5. The van der Waals surface area contributed by atoms with Crippen LogP contribution in [-0.4, -0.2) is 36.4 Å². The van der Waals surface area contributed by atoms with Crippen LogP contribution >= 0.6 is 35.2 Å². The summed E-state index contributed by atoms with van der Waals surface area (Å²) >= 11 is 13.4. The Labute approximate surface area is 162 Å². The predicted molar refractivity (Wildman–Crippen MR) is 108 cm³/mol. The second-order valence-electron chi connectivity index (χ2n) is 5.87. The maximum Gasteiger partial charge on any atom is 0.173 e. The van der Waals surface area contributed by atoms with Crippen molar-refractivity contribution in [2.24, 2.45) is 0 Å². The van der Waals surface area contributed by atoms with E-state index < -0.39 is 0 Å². The number of rotatable bonds is 6. The fraction of sp³-hybridized carbons (Fsp3) is 0.389. The summed E-state index contributed by atoms with van der Waals surface area (Å²) < 4.78 is 11.2. The molecule has 0 radical (unpaired) electrons. The Balaban J connectivity index is 1.73. The first-order chi connectivity index (χ1) is 12.2. The van der Waals surface area contributed by atoms with Gasteiger partial charge in [-0.25, -0.2) is 0 Å². The number of benzene rings is 1. The van der Waals surface area contributed by atoms with Crippen molar-refractivity contribution in [1.82, 2.24) is 4.90 Å². The van der Waals surface area contributed by atoms with Gasteiger partial charge in [0.2, 0.25) is 0 Å². The summed E-state index contributed by atoms with van der Waals surface area (Å²) in [5, 5.41) is 6.66. The highest BCUT2D eigenvalue weighted by molar-refractivity contribution is 7.80. The van der Waals surface area contributed by atoms with E-state index in [0.717, 1.165) is 38.2 Å². The van der Waals surface area contributed by atoms with Crippen LogP contribution < -0.4 is 10.1 Å². The maximum absolute atomic E-state index is 6.04. The molecule has 1 atom stereocenters. The Bertz CT molecular complexity index is 703. The Kier molecular flexibility index (Phi) is 6.53. The summed E-state index contributed by atoms with van der Waals surface area (Å²) in [6.45, 7) is 2.38. The third-order valence-corrected chi connectivity index (χ3v) is 5.52. The number of thiophene rings is 1. The summed E-state index contributed by atoms with van der Waals surface area (Å²) in [5.74, 6) is 0.669. The normalized spacial score (nSPS) is 16.6. The molecule has 1 fully saturated rings. The zero-order valence-electron chi connectivity index (χ0n) is 14.0. The number of anilines is 1. The standard InChI is InChI=1S/C18H21ClN2O2S2/c1-22-17-10-13(19)6-7-16(17)20-18(24)21(11-14-4-2-8-23-14)12-15-5-3-9-25-15/h3,5-7,9-10,14H,2,4,8,11-12H2,1H3,(H,20,24)/t14-/m1/s1. The fourth-order valence-electron chi connectivity index (χ4n) is 2.81. The van der Waals surface area contributed by atoms with Crippen molar-refractivity contribution in [3.63, 3.8) is 0 Å². The van der Waals surface area contributed by atoms with Crippen molar-refractivity contribution in [2.75, 3.05) is 25.6 Å². The summed E-state index contributed by atoms with van der Waals surface area (Å²) in [4.78, 5) is 3.43. The van der Waals surface area contributed by atoms with Crippen LogP contribution in [0.5, 0.6) is 5.75 Å². The van der Waals surface area contributed by atoms with Crippen molar-refractivity contribution in [2.45, 2.75) is 25.5 Å². The van der Waals surface area contributed by atoms with Crippen LogP contribution in [0.15, 0.2) is 35.7 Å². The lowest BCUT2D eigenvalue weighted by Gasteiger charge is -2.28. The Hall–Kier alpha value is -1.34. The van der Waals surface area contributed by atoms with E-state index in [1.165, 1.54) is 4.88 Å². The molecule has 1 aliphatic heterocycles. The van der Waals surface area contributed by atoms with Crippen LogP contribution in [0.1, 0.15) is 17.7 Å². The summed E-state index contributed by atoms with van der Waals surface area (Å²) in [5.41, 5.74) is 0.806. The van der Waals surface area contributed by atoms with Crippen LogP contribution in [0.2, 0.25) is 5.02 Å². The van der Waals surface area contributed by atoms with Crippen molar-refractivity contribution >= 4 is 46.0 Å². The highest BCUT2D eigenvalue weighted by Crippen LogP contribution is 2.28. The minimum Gasteiger partial charge on any atom is -0.495 e. The van der Waals surface area contributed by atoms with Gasteiger partial charge in [-0.2, -0.15) is 0 Å². The van der Waals surface area contributed by atoms with Gasteiger partial charge in [-0.1, -0.05) is 17.7 Å². The minimum atomic E-state index is 0.229. The fourth-order valence-corrected chi connectivity index (χ4v) is 3.94. The van der Waals surface area contributed by atoms with E-state index in [4.69, 9.17) is 33.3 Å². The third kappa shape index (κ3) is 5.07. The van der Waals surface area contributed by atoms with Gasteiger partial charge in [0.05, 0.1) is 25.4 Å². The second kappa shape index (κ2) is 8.85. The van der Waals surface area contributed by atoms with E-state index >= 15 is 0 Å². The molecule has 0 bridgehead atoms. The molecule has 2 aromatic rings. The molecule has 7 heteroatoms. The van der Waals surface area contributed by atoms with Crippen molar-refractivity contribution in [1.29, 1.82) is 0 Å². The highest BCUT2D eigenvalue weighted by Gasteiger charge is 2.22. The van der Waals surface area contributed by atoms with E-state index in [-0.39, 0.29) is 6.10 Å². The molecule has 0 saturated carbocycles. The molecule has 1 aromatic carbocycles. The SMILES string of the molecule is COc1cc(Cl)ccc1NC(=S)N(Cc1cccs1)C[C@H]1CCCO1. The smallest absolute Gasteiger partial charge is 0.173 e. The monoisotopic (exact) mass is 396 g/mol. The lowest BCUT2D eigenvalue weighted by atomic mass is 10.2. The predicted octanol–water partition coefficient (Wildman–Crippen LogP) is 4.79. The van der Waals surface area contributed by atoms with Crippen LogP contribution in [0.25, 0.3) is 0 Å². The van der Waals surface area contributed by atoms with E-state index in [9.17, 15) is 0 Å². The quantitative estimate of drug-likeness (QED) is 0.710. The lowest BCUT2D eigenvalue weighted by molar-refractivity contribution is 0.0907. The molecular weight excluding hydrogens is 376 g/mol. The Morgan fingerprint density at radius 1 is 1.48 bits per heavy atom. The first-order valence-corrected chi connectivity index (χ1v) is 9.86. The molecule has 0 amide bonds. The van der Waals surface area contributed by atoms with E-state index in [2.05, 4.69) is 27.7 Å². The van der Waals surface area contributed by atoms with Crippen LogP contribution in [0, 0.1) is 0 Å². The molecule has 1 aliphatic rings. The van der Waals surface area contributed by atoms with Gasteiger partial charge in [-0.15, -0.1) is 11.3 Å². The van der Waals surface area contributed by atoms with Crippen molar-refractivity contribution in [3.05, 3.63) is 45.6 Å². The van der Waals surface area contributed by atoms with Gasteiger partial charge in [0.15, 0.2) is 5.11 Å². The average Bonchev–Trinajstić information content (AvgIpc) is 3.29. The van der Waals surface area contributed by atoms with Crippen LogP contribution in [0.3, 0.4) is 0 Å². The molecule has 1 saturated heterocycles. The minimum absolute atomic E-state index is 0.229. The van der Waals surface area contributed by atoms with Gasteiger partial charge >= 0.3 is 0 Å². The molecule has 4 nitrogen and oxygen atoms in total. The molecule has 134 valence electrons. The van der Waals surface area contributed by atoms with Gasteiger partial charge in [-0.05, 0) is 48.6 Å². The number of thiocarbonyl (C=S) groups is 1. The molecule has 0 spiro atoms. The second-order valence-corrected chi connectivity index (χ2v) is 7.73. The highest BCUT2D eigenvalue weighted by atomic mass is 35.5. The van der Waals surface area contributed by atoms with Crippen LogP contribution in [0.4, 0.5) is 5.69 Å². The van der Waals surface area contributed by atoms with Crippen LogP contribution in [-0.2, 0) is 11.3 Å². The number of nitrogens with zero attached hydrogens (tertiary/aromatic N) is 1. The van der Waals surface area contributed by atoms with Gasteiger partial charge in [-0.3, -0.25) is 0 Å². The number of nitrogens with one attached hydrogen (secondary N) is 1.